The number of primary amides is 1. The molecule has 0 aromatic heterocycles. The lowest BCUT2D eigenvalue weighted by molar-refractivity contribution is -0.165. The molecule has 2 unspecified atom stereocenters. The van der Waals surface area contributed by atoms with E-state index in [0.717, 1.165) is 0 Å². The summed E-state index contributed by atoms with van der Waals surface area (Å²) in [5.74, 6) is -3.54. The summed E-state index contributed by atoms with van der Waals surface area (Å²) in [5.41, 5.74) is 4.34. The number of carboxylic acid groups (broad SMARTS) is 2. The Balaban J connectivity index is 0. The number of aliphatic hydroxyl groups excluding tert-OH is 2. The Hall–Kier alpha value is -1.32. The second-order valence-electron chi connectivity index (χ2n) is 1.90. The highest BCUT2D eigenvalue weighted by atomic mass is 32.1. The van der Waals surface area contributed by atoms with E-state index >= 15 is 0 Å². The molecule has 9 heteroatoms. The number of aliphatic carboxylic acids is 2. The van der Waals surface area contributed by atoms with Crippen LogP contribution in [0.25, 0.3) is 0 Å². The fourth-order valence-corrected chi connectivity index (χ4v) is 0.270. The molecule has 2 atom stereocenters. The molecule has 0 bridgehead atoms. The van der Waals surface area contributed by atoms with Crippen LogP contribution in [0.5, 0.6) is 0 Å². The van der Waals surface area contributed by atoms with Gasteiger partial charge in [-0.1, -0.05) is 12.6 Å². The van der Waals surface area contributed by atoms with Gasteiger partial charge in [-0.05, 0) is 0 Å². The fourth-order valence-electron chi connectivity index (χ4n) is 0.270. The lowest BCUT2D eigenvalue weighted by Crippen LogP contribution is -2.39. The maximum Gasteiger partial charge on any atom is 0.335 e. The minimum Gasteiger partial charge on any atom is -0.479 e. The van der Waals surface area contributed by atoms with E-state index < -0.39 is 29.4 Å². The third-order valence-corrected chi connectivity index (χ3v) is 0.805. The molecule has 8 nitrogen and oxygen atoms in total. The molecule has 14 heavy (non-hydrogen) atoms. The molecule has 0 aliphatic rings. The Morgan fingerprint density at radius 1 is 1.00 bits per heavy atom. The molecule has 0 aromatic carbocycles. The molecular formula is C5H9NO7S. The number of carboxylic acids is 2. The monoisotopic (exact) mass is 227 g/mol. The van der Waals surface area contributed by atoms with Crippen molar-refractivity contribution in [3.63, 3.8) is 0 Å². The van der Waals surface area contributed by atoms with E-state index in [-0.39, 0.29) is 0 Å². The first-order chi connectivity index (χ1) is 6.20. The van der Waals surface area contributed by atoms with Crippen LogP contribution in [0.15, 0.2) is 0 Å². The van der Waals surface area contributed by atoms with Gasteiger partial charge in [-0.3, -0.25) is 4.79 Å². The van der Waals surface area contributed by atoms with E-state index in [9.17, 15) is 9.59 Å². The summed E-state index contributed by atoms with van der Waals surface area (Å²) in [6.45, 7) is 0. The summed E-state index contributed by atoms with van der Waals surface area (Å²) in [4.78, 5) is 28.6. The van der Waals surface area contributed by atoms with Gasteiger partial charge in [0.05, 0.1) is 0 Å². The highest BCUT2D eigenvalue weighted by molar-refractivity contribution is 7.96. The van der Waals surface area contributed by atoms with Crippen molar-refractivity contribution in [3.8, 4) is 0 Å². The second-order valence-corrected chi connectivity index (χ2v) is 2.35. The van der Waals surface area contributed by atoms with Crippen LogP contribution in [0.4, 0.5) is 4.79 Å². The molecule has 1 amide bonds. The number of nitrogens with two attached hydrogens (primary N) is 1. The number of amides is 1. The van der Waals surface area contributed by atoms with Crippen molar-refractivity contribution in [2.45, 2.75) is 12.2 Å². The van der Waals surface area contributed by atoms with Crippen LogP contribution in [-0.4, -0.2) is 49.8 Å². The van der Waals surface area contributed by atoms with Gasteiger partial charge in [0.25, 0.3) is 5.24 Å². The topological polar surface area (TPSA) is 158 Å². The quantitative estimate of drug-likeness (QED) is 0.300. The third-order valence-electron chi connectivity index (χ3n) is 0.805. The Morgan fingerprint density at radius 3 is 1.21 bits per heavy atom. The van der Waals surface area contributed by atoms with Gasteiger partial charge in [-0.15, -0.1) is 0 Å². The summed E-state index contributed by atoms with van der Waals surface area (Å²) < 4.78 is 0. The Morgan fingerprint density at radius 2 is 1.14 bits per heavy atom. The molecule has 0 rings (SSSR count). The van der Waals surface area contributed by atoms with Gasteiger partial charge in [0.1, 0.15) is 0 Å². The van der Waals surface area contributed by atoms with Crippen LogP contribution in [0.2, 0.25) is 0 Å². The summed E-state index contributed by atoms with van der Waals surface area (Å²) in [6.07, 6.45) is -4.53. The minimum atomic E-state index is -2.27. The zero-order valence-corrected chi connectivity index (χ0v) is 7.59. The van der Waals surface area contributed by atoms with E-state index in [2.05, 4.69) is 18.4 Å². The molecule has 0 spiro atoms. The summed E-state index contributed by atoms with van der Waals surface area (Å²) in [5, 5.41) is 31.9. The summed E-state index contributed by atoms with van der Waals surface area (Å²) in [7, 11) is 0. The zero-order chi connectivity index (χ0) is 11.9. The van der Waals surface area contributed by atoms with E-state index in [0.29, 0.717) is 0 Å². The number of hydrogen-bond donors (Lipinski definition) is 6. The molecule has 82 valence electrons. The number of aliphatic hydroxyl groups is 2. The van der Waals surface area contributed by atoms with Gasteiger partial charge in [-0.2, -0.15) is 0 Å². The first-order valence-electron chi connectivity index (χ1n) is 3.00. The molecule has 0 radical (unpaired) electrons. The summed E-state index contributed by atoms with van der Waals surface area (Å²) >= 11 is 3.10. The van der Waals surface area contributed by atoms with Gasteiger partial charge in [0.15, 0.2) is 12.2 Å². The normalized spacial score (nSPS) is 13.1. The predicted molar refractivity (Wildman–Crippen MR) is 45.9 cm³/mol. The largest absolute Gasteiger partial charge is 0.479 e. The van der Waals surface area contributed by atoms with E-state index in [1.165, 1.54) is 0 Å². The first kappa shape index (κ1) is 15.2. The molecule has 0 aliphatic heterocycles. The number of carbonyl (C=O) groups is 3. The third kappa shape index (κ3) is 8.77. The van der Waals surface area contributed by atoms with E-state index in [1.54, 1.807) is 0 Å². The number of thiol groups is 1. The second kappa shape index (κ2) is 7.12. The molecular weight excluding hydrogens is 218 g/mol. The van der Waals surface area contributed by atoms with Gasteiger partial charge in [-0.25, -0.2) is 9.59 Å². The number of rotatable bonds is 3. The Bertz CT molecular complexity index is 208. The minimum absolute atomic E-state index is 0.639. The van der Waals surface area contributed by atoms with Crippen LogP contribution in [-0.2, 0) is 9.59 Å². The highest BCUT2D eigenvalue weighted by Crippen LogP contribution is 1.92. The highest BCUT2D eigenvalue weighted by Gasteiger charge is 2.29. The lowest BCUT2D eigenvalue weighted by atomic mass is 10.2. The van der Waals surface area contributed by atoms with E-state index in [1.807, 2.05) is 0 Å². The van der Waals surface area contributed by atoms with Crippen molar-refractivity contribution < 1.29 is 34.8 Å². The molecule has 0 aliphatic carbocycles. The van der Waals surface area contributed by atoms with Gasteiger partial charge in [0, 0.05) is 0 Å². The van der Waals surface area contributed by atoms with Crippen LogP contribution < -0.4 is 5.73 Å². The van der Waals surface area contributed by atoms with E-state index in [4.69, 9.17) is 25.2 Å². The predicted octanol–water partition coefficient (Wildman–Crippen LogP) is -2.13. The van der Waals surface area contributed by atoms with Crippen molar-refractivity contribution in [1.29, 1.82) is 0 Å². The van der Waals surface area contributed by atoms with Crippen molar-refractivity contribution in [1.82, 2.24) is 0 Å². The van der Waals surface area contributed by atoms with Gasteiger partial charge >= 0.3 is 11.9 Å². The first-order valence-corrected chi connectivity index (χ1v) is 3.45. The standard InChI is InChI=1S/C4H6O6.CH3NOS/c5-1(3(7)8)2(6)4(9)10;2-1(3)4/h1-2,5-6H,(H,7,8)(H,9,10);(H3,2,3,4). The van der Waals surface area contributed by atoms with Crippen LogP contribution >= 0.6 is 12.6 Å². The SMILES string of the molecule is NC(=O)S.O=C(O)C(O)C(O)C(=O)O. The lowest BCUT2D eigenvalue weighted by Gasteiger charge is -2.07. The van der Waals surface area contributed by atoms with Gasteiger partial charge < -0.3 is 26.2 Å². The summed E-state index contributed by atoms with van der Waals surface area (Å²) in [6, 6.07) is 0. The molecule has 0 fully saturated rings. The maximum absolute atomic E-state index is 9.77. The molecule has 0 saturated heterocycles. The number of hydrogen-bond acceptors (Lipinski definition) is 5. The van der Waals surface area contributed by atoms with Crippen molar-refractivity contribution >= 4 is 29.8 Å². The Labute approximate surface area is 83.4 Å². The zero-order valence-electron chi connectivity index (χ0n) is 6.69. The van der Waals surface area contributed by atoms with Crippen molar-refractivity contribution in [3.05, 3.63) is 0 Å². The number of carbonyl (C=O) groups excluding carboxylic acids is 1. The molecule has 0 heterocycles. The van der Waals surface area contributed by atoms with Crippen molar-refractivity contribution in [2.24, 2.45) is 5.73 Å². The molecule has 0 aromatic rings. The van der Waals surface area contributed by atoms with Crippen LogP contribution in [0.3, 0.4) is 0 Å². The Kier molecular flexibility index (Phi) is 7.71. The van der Waals surface area contributed by atoms with Crippen LogP contribution in [0, 0.1) is 0 Å². The molecule has 6 N–H and O–H groups in total. The van der Waals surface area contributed by atoms with Crippen LogP contribution in [0.1, 0.15) is 0 Å². The maximum atomic E-state index is 9.77. The van der Waals surface area contributed by atoms with Crippen molar-refractivity contribution in [2.75, 3.05) is 0 Å². The van der Waals surface area contributed by atoms with Gasteiger partial charge in [0.2, 0.25) is 0 Å². The smallest absolute Gasteiger partial charge is 0.335 e. The molecule has 0 saturated carbocycles. The average Bonchev–Trinajstić information content (AvgIpc) is 2.00. The average molecular weight is 227 g/mol. The fraction of sp³-hybridized carbons (Fsp3) is 0.400.